The van der Waals surface area contributed by atoms with Crippen LogP contribution in [0.1, 0.15) is 30.9 Å². The first-order chi connectivity index (χ1) is 8.95. The van der Waals surface area contributed by atoms with Crippen LogP contribution in [0.4, 0.5) is 11.8 Å². The van der Waals surface area contributed by atoms with Gasteiger partial charge in [-0.15, -0.1) is 0 Å². The van der Waals surface area contributed by atoms with Crippen molar-refractivity contribution in [2.45, 2.75) is 26.7 Å². The summed E-state index contributed by atoms with van der Waals surface area (Å²) in [6.07, 6.45) is 0. The fourth-order valence-electron chi connectivity index (χ4n) is 1.71. The summed E-state index contributed by atoms with van der Waals surface area (Å²) in [6.45, 7) is 6.25. The maximum absolute atomic E-state index is 5.75. The number of benzene rings is 1. The average Bonchev–Trinajstić information content (AvgIpc) is 2.30. The number of nitrogens with two attached hydrogens (primary N) is 2. The molecule has 0 saturated heterocycles. The molecule has 0 fully saturated rings. The van der Waals surface area contributed by atoms with Gasteiger partial charge in [0.2, 0.25) is 11.8 Å². The molecule has 0 unspecified atom stereocenters. The van der Waals surface area contributed by atoms with Crippen molar-refractivity contribution in [3.8, 4) is 11.6 Å². The highest BCUT2D eigenvalue weighted by molar-refractivity contribution is 5.43. The number of aryl methyl sites for hydroxylation is 1. The Morgan fingerprint density at radius 2 is 1.84 bits per heavy atom. The van der Waals surface area contributed by atoms with Crippen molar-refractivity contribution < 1.29 is 4.74 Å². The van der Waals surface area contributed by atoms with Gasteiger partial charge in [-0.3, -0.25) is 0 Å². The summed E-state index contributed by atoms with van der Waals surface area (Å²) in [7, 11) is 0. The molecule has 0 spiro atoms. The lowest BCUT2D eigenvalue weighted by molar-refractivity contribution is 0.458. The third-order valence-electron chi connectivity index (χ3n) is 2.83. The van der Waals surface area contributed by atoms with E-state index < -0.39 is 0 Å². The second-order valence-corrected chi connectivity index (χ2v) is 4.77. The molecule has 0 aliphatic carbocycles. The molecule has 0 bridgehead atoms. The van der Waals surface area contributed by atoms with Gasteiger partial charge in [0, 0.05) is 6.07 Å². The van der Waals surface area contributed by atoms with Crippen LogP contribution in [0.25, 0.3) is 0 Å². The minimum atomic E-state index is 0.104. The van der Waals surface area contributed by atoms with E-state index in [2.05, 4.69) is 29.9 Å². The summed E-state index contributed by atoms with van der Waals surface area (Å²) >= 11 is 0. The average molecular weight is 258 g/mol. The van der Waals surface area contributed by atoms with Crippen molar-refractivity contribution >= 4 is 11.8 Å². The fourth-order valence-corrected chi connectivity index (χ4v) is 1.71. The zero-order valence-corrected chi connectivity index (χ0v) is 11.3. The zero-order valence-electron chi connectivity index (χ0n) is 11.3. The second-order valence-electron chi connectivity index (χ2n) is 4.77. The van der Waals surface area contributed by atoms with Gasteiger partial charge in [0.1, 0.15) is 11.6 Å². The molecule has 0 aliphatic rings. The maximum atomic E-state index is 5.75. The van der Waals surface area contributed by atoms with Crippen LogP contribution in [0.5, 0.6) is 11.6 Å². The first-order valence-electron chi connectivity index (χ1n) is 6.14. The number of ether oxygens (including phenoxy) is 1. The van der Waals surface area contributed by atoms with E-state index >= 15 is 0 Å². The molecule has 1 aromatic heterocycles. The van der Waals surface area contributed by atoms with E-state index in [1.807, 2.05) is 19.1 Å². The molecule has 1 heterocycles. The van der Waals surface area contributed by atoms with E-state index in [1.54, 1.807) is 6.07 Å². The van der Waals surface area contributed by atoms with Gasteiger partial charge in [0.05, 0.1) is 0 Å². The Bertz CT molecular complexity index is 576. The van der Waals surface area contributed by atoms with Crippen LogP contribution in [0.2, 0.25) is 0 Å². The van der Waals surface area contributed by atoms with Gasteiger partial charge < -0.3 is 16.2 Å². The Morgan fingerprint density at radius 3 is 2.47 bits per heavy atom. The predicted molar refractivity (Wildman–Crippen MR) is 76.2 cm³/mol. The summed E-state index contributed by atoms with van der Waals surface area (Å²) in [5.41, 5.74) is 13.4. The molecule has 0 atom stereocenters. The van der Waals surface area contributed by atoms with E-state index in [4.69, 9.17) is 16.2 Å². The van der Waals surface area contributed by atoms with Gasteiger partial charge in [0.25, 0.3) is 0 Å². The Balaban J connectivity index is 2.34. The van der Waals surface area contributed by atoms with Crippen molar-refractivity contribution in [1.29, 1.82) is 0 Å². The summed E-state index contributed by atoms with van der Waals surface area (Å²) in [5, 5.41) is 0. The minimum Gasteiger partial charge on any atom is -0.438 e. The van der Waals surface area contributed by atoms with E-state index in [0.717, 1.165) is 11.3 Å². The lowest BCUT2D eigenvalue weighted by Crippen LogP contribution is -2.01. The van der Waals surface area contributed by atoms with Gasteiger partial charge in [-0.25, -0.2) is 0 Å². The zero-order chi connectivity index (χ0) is 14.0. The lowest BCUT2D eigenvalue weighted by Gasteiger charge is -2.12. The number of anilines is 2. The quantitative estimate of drug-likeness (QED) is 0.883. The molecule has 2 aromatic rings. The molecular weight excluding hydrogens is 240 g/mol. The summed E-state index contributed by atoms with van der Waals surface area (Å²) < 4.78 is 5.75. The van der Waals surface area contributed by atoms with Gasteiger partial charge >= 0.3 is 0 Å². The topological polar surface area (TPSA) is 87.0 Å². The maximum Gasteiger partial charge on any atom is 0.226 e. The molecule has 2 rings (SSSR count). The second kappa shape index (κ2) is 5.14. The number of nitrogen functional groups attached to an aromatic ring is 2. The van der Waals surface area contributed by atoms with E-state index in [-0.39, 0.29) is 5.95 Å². The van der Waals surface area contributed by atoms with Crippen LogP contribution in [0, 0.1) is 6.92 Å². The van der Waals surface area contributed by atoms with Crippen molar-refractivity contribution in [2.75, 3.05) is 11.5 Å². The number of nitrogens with zero attached hydrogens (tertiary/aromatic N) is 2. The highest BCUT2D eigenvalue weighted by atomic mass is 16.5. The standard InChI is InChI=1S/C14H18N4O/c1-8(2)10-5-4-9(3)11(6-10)19-13-7-12(15)17-14(16)18-13/h4-8H,1-3H3,(H4,15,16,17,18). The van der Waals surface area contributed by atoms with E-state index in [9.17, 15) is 0 Å². The molecule has 0 aliphatic heterocycles. The number of hydrogen-bond donors (Lipinski definition) is 2. The first-order valence-corrected chi connectivity index (χ1v) is 6.14. The Hall–Kier alpha value is -2.30. The van der Waals surface area contributed by atoms with Crippen molar-refractivity contribution in [1.82, 2.24) is 9.97 Å². The van der Waals surface area contributed by atoms with Crippen LogP contribution in [-0.4, -0.2) is 9.97 Å². The molecular formula is C14H18N4O. The smallest absolute Gasteiger partial charge is 0.226 e. The first kappa shape index (κ1) is 13.1. The third-order valence-corrected chi connectivity index (χ3v) is 2.83. The molecule has 4 N–H and O–H groups in total. The summed E-state index contributed by atoms with van der Waals surface area (Å²) in [4.78, 5) is 7.82. The summed E-state index contributed by atoms with van der Waals surface area (Å²) in [6, 6.07) is 7.68. The molecule has 100 valence electrons. The van der Waals surface area contributed by atoms with Crippen LogP contribution in [0.15, 0.2) is 24.3 Å². The van der Waals surface area contributed by atoms with Crippen LogP contribution in [-0.2, 0) is 0 Å². The molecule has 5 nitrogen and oxygen atoms in total. The largest absolute Gasteiger partial charge is 0.438 e. The van der Waals surface area contributed by atoms with Crippen LogP contribution >= 0.6 is 0 Å². The Labute approximate surface area is 112 Å². The highest BCUT2D eigenvalue weighted by Crippen LogP contribution is 2.28. The molecule has 0 saturated carbocycles. The Kier molecular flexibility index (Phi) is 3.55. The predicted octanol–water partition coefficient (Wildman–Crippen LogP) is 2.87. The number of rotatable bonds is 3. The normalized spacial score (nSPS) is 10.7. The van der Waals surface area contributed by atoms with Crippen LogP contribution in [0.3, 0.4) is 0 Å². The molecule has 1 aromatic carbocycles. The van der Waals surface area contributed by atoms with Gasteiger partial charge in [-0.05, 0) is 30.0 Å². The van der Waals surface area contributed by atoms with E-state index in [0.29, 0.717) is 17.6 Å². The molecule has 5 heteroatoms. The lowest BCUT2D eigenvalue weighted by atomic mass is 10.0. The molecule has 19 heavy (non-hydrogen) atoms. The fraction of sp³-hybridized carbons (Fsp3) is 0.286. The van der Waals surface area contributed by atoms with Crippen molar-refractivity contribution in [3.63, 3.8) is 0 Å². The number of aromatic nitrogens is 2. The van der Waals surface area contributed by atoms with Gasteiger partial charge in [-0.1, -0.05) is 26.0 Å². The SMILES string of the molecule is Cc1ccc(C(C)C)cc1Oc1cc(N)nc(N)n1. The Morgan fingerprint density at radius 1 is 1.11 bits per heavy atom. The molecule has 0 radical (unpaired) electrons. The van der Waals surface area contributed by atoms with Crippen molar-refractivity contribution in [3.05, 3.63) is 35.4 Å². The summed E-state index contributed by atoms with van der Waals surface area (Å²) in [5.74, 6) is 1.94. The third kappa shape index (κ3) is 3.13. The highest BCUT2D eigenvalue weighted by Gasteiger charge is 2.08. The van der Waals surface area contributed by atoms with Crippen molar-refractivity contribution in [2.24, 2.45) is 0 Å². The number of hydrogen-bond acceptors (Lipinski definition) is 5. The van der Waals surface area contributed by atoms with Gasteiger partial charge in [0.15, 0.2) is 0 Å². The van der Waals surface area contributed by atoms with Crippen LogP contribution < -0.4 is 16.2 Å². The minimum absolute atomic E-state index is 0.104. The van der Waals surface area contributed by atoms with E-state index in [1.165, 1.54) is 5.56 Å². The molecule has 0 amide bonds. The monoisotopic (exact) mass is 258 g/mol. The van der Waals surface area contributed by atoms with Gasteiger partial charge in [-0.2, -0.15) is 9.97 Å².